The Bertz CT molecular complexity index is 893. The van der Waals surface area contributed by atoms with E-state index in [2.05, 4.69) is 12.1 Å². The van der Waals surface area contributed by atoms with Gasteiger partial charge >= 0.3 is 11.9 Å². The second kappa shape index (κ2) is 8.19. The average Bonchev–Trinajstić information content (AvgIpc) is 2.96. The van der Waals surface area contributed by atoms with Crippen LogP contribution in [0.3, 0.4) is 0 Å². The van der Waals surface area contributed by atoms with Crippen molar-refractivity contribution >= 4 is 17.7 Å². The van der Waals surface area contributed by atoms with E-state index in [1.807, 2.05) is 36.4 Å². The summed E-state index contributed by atoms with van der Waals surface area (Å²) in [6, 6.07) is 16.0. The van der Waals surface area contributed by atoms with Crippen molar-refractivity contribution in [3.8, 4) is 11.1 Å². The Hall–Kier alpha value is -2.95. The third kappa shape index (κ3) is 4.73. The quantitative estimate of drug-likeness (QED) is 0.540. The maximum Gasteiger partial charge on any atom is 0.317 e. The fourth-order valence-electron chi connectivity index (χ4n) is 3.65. The zero-order valence-corrected chi connectivity index (χ0v) is 17.2. The minimum absolute atomic E-state index is 0.0968. The standard InChI is InChI=1S/C24H26O5/c1-15(25)20(13-22(26)29-24(2,3)4)23(27)28-14-21-18-11-7-5-9-16(18)17-10-6-8-12-19(17)21/h5-12,20-21H,13-14H2,1-4H3/t20-/m1/s1. The molecule has 29 heavy (non-hydrogen) atoms. The summed E-state index contributed by atoms with van der Waals surface area (Å²) in [4.78, 5) is 36.7. The molecule has 0 aliphatic heterocycles. The fraction of sp³-hybridized carbons (Fsp3) is 0.375. The molecule has 1 aliphatic rings. The number of hydrogen-bond acceptors (Lipinski definition) is 5. The average molecular weight is 394 g/mol. The lowest BCUT2D eigenvalue weighted by Gasteiger charge is -2.21. The first-order chi connectivity index (χ1) is 13.7. The lowest BCUT2D eigenvalue weighted by atomic mass is 9.97. The van der Waals surface area contributed by atoms with Crippen LogP contribution in [0, 0.1) is 5.92 Å². The Morgan fingerprint density at radius 3 is 1.93 bits per heavy atom. The van der Waals surface area contributed by atoms with Gasteiger partial charge < -0.3 is 9.47 Å². The molecule has 2 aromatic carbocycles. The minimum atomic E-state index is -1.16. The Morgan fingerprint density at radius 2 is 1.45 bits per heavy atom. The number of ether oxygens (including phenoxy) is 2. The number of esters is 2. The van der Waals surface area contributed by atoms with Gasteiger partial charge in [0.1, 0.15) is 23.9 Å². The Labute approximate surface area is 171 Å². The van der Waals surface area contributed by atoms with E-state index in [1.165, 1.54) is 6.92 Å². The maximum absolute atomic E-state index is 12.6. The molecule has 3 rings (SSSR count). The highest BCUT2D eigenvalue weighted by atomic mass is 16.6. The number of rotatable bonds is 6. The predicted molar refractivity (Wildman–Crippen MR) is 109 cm³/mol. The van der Waals surface area contributed by atoms with E-state index in [0.717, 1.165) is 22.3 Å². The third-order valence-electron chi connectivity index (χ3n) is 4.92. The van der Waals surface area contributed by atoms with Gasteiger partial charge in [-0.05, 0) is 49.9 Å². The van der Waals surface area contributed by atoms with Crippen LogP contribution in [0.25, 0.3) is 11.1 Å². The van der Waals surface area contributed by atoms with E-state index < -0.39 is 29.2 Å². The summed E-state index contributed by atoms with van der Waals surface area (Å²) in [6.07, 6.45) is -0.316. The van der Waals surface area contributed by atoms with Crippen molar-refractivity contribution in [1.82, 2.24) is 0 Å². The molecule has 152 valence electrons. The first kappa shape index (κ1) is 20.8. The van der Waals surface area contributed by atoms with Gasteiger partial charge in [0.2, 0.25) is 0 Å². The molecule has 2 aromatic rings. The molecule has 0 unspecified atom stereocenters. The van der Waals surface area contributed by atoms with Gasteiger partial charge in [-0.1, -0.05) is 48.5 Å². The zero-order valence-electron chi connectivity index (χ0n) is 17.2. The second-order valence-electron chi connectivity index (χ2n) is 8.31. The Morgan fingerprint density at radius 1 is 0.931 bits per heavy atom. The first-order valence-corrected chi connectivity index (χ1v) is 9.74. The first-order valence-electron chi connectivity index (χ1n) is 9.74. The topological polar surface area (TPSA) is 69.7 Å². The monoisotopic (exact) mass is 394 g/mol. The van der Waals surface area contributed by atoms with Gasteiger partial charge in [-0.2, -0.15) is 0 Å². The minimum Gasteiger partial charge on any atom is -0.464 e. The fourth-order valence-corrected chi connectivity index (χ4v) is 3.65. The number of ketones is 1. The Balaban J connectivity index is 1.72. The molecule has 0 aromatic heterocycles. The van der Waals surface area contributed by atoms with Gasteiger partial charge in [-0.3, -0.25) is 14.4 Å². The van der Waals surface area contributed by atoms with Gasteiger partial charge in [0.25, 0.3) is 0 Å². The molecule has 0 heterocycles. The van der Waals surface area contributed by atoms with Gasteiger partial charge in [0.05, 0.1) is 6.42 Å². The predicted octanol–water partition coefficient (Wildman–Crippen LogP) is 4.28. The molecule has 0 spiro atoms. The lowest BCUT2D eigenvalue weighted by Crippen LogP contribution is -2.31. The van der Waals surface area contributed by atoms with Gasteiger partial charge in [-0.15, -0.1) is 0 Å². The van der Waals surface area contributed by atoms with Crippen molar-refractivity contribution in [1.29, 1.82) is 0 Å². The van der Waals surface area contributed by atoms with Gasteiger partial charge in [0, 0.05) is 5.92 Å². The van der Waals surface area contributed by atoms with Crippen LogP contribution in [0.5, 0.6) is 0 Å². The number of carbonyl (C=O) groups is 3. The summed E-state index contributed by atoms with van der Waals surface area (Å²) in [5, 5.41) is 0. The van der Waals surface area contributed by atoms with Crippen LogP contribution in [-0.4, -0.2) is 29.9 Å². The van der Waals surface area contributed by atoms with Crippen LogP contribution in [0.15, 0.2) is 48.5 Å². The van der Waals surface area contributed by atoms with Crippen LogP contribution in [-0.2, 0) is 23.9 Å². The molecule has 0 N–H and O–H groups in total. The van der Waals surface area contributed by atoms with Gasteiger partial charge in [0.15, 0.2) is 0 Å². The van der Waals surface area contributed by atoms with E-state index in [-0.39, 0.29) is 18.9 Å². The smallest absolute Gasteiger partial charge is 0.317 e. The van der Waals surface area contributed by atoms with E-state index in [9.17, 15) is 14.4 Å². The third-order valence-corrected chi connectivity index (χ3v) is 4.92. The SMILES string of the molecule is CC(=O)[C@@H](CC(=O)OC(C)(C)C)C(=O)OCC1c2ccccc2-c2ccccc21. The summed E-state index contributed by atoms with van der Waals surface area (Å²) >= 11 is 0. The van der Waals surface area contributed by atoms with Crippen LogP contribution >= 0.6 is 0 Å². The number of Topliss-reactive ketones (excluding diaryl/α,β-unsaturated/α-hetero) is 1. The van der Waals surface area contributed by atoms with E-state index in [0.29, 0.717) is 0 Å². The van der Waals surface area contributed by atoms with E-state index in [1.54, 1.807) is 20.8 Å². The second-order valence-corrected chi connectivity index (χ2v) is 8.31. The molecule has 0 radical (unpaired) electrons. The zero-order chi connectivity index (χ0) is 21.2. The van der Waals surface area contributed by atoms with Crippen LogP contribution < -0.4 is 0 Å². The van der Waals surface area contributed by atoms with E-state index in [4.69, 9.17) is 9.47 Å². The van der Waals surface area contributed by atoms with Crippen molar-refractivity contribution in [2.45, 2.75) is 45.6 Å². The molecular weight excluding hydrogens is 368 g/mol. The number of hydrogen-bond donors (Lipinski definition) is 0. The van der Waals surface area contributed by atoms with Crippen molar-refractivity contribution in [3.05, 3.63) is 59.7 Å². The number of fused-ring (bicyclic) bond motifs is 3. The molecule has 5 heteroatoms. The van der Waals surface area contributed by atoms with Crippen molar-refractivity contribution in [2.75, 3.05) is 6.61 Å². The van der Waals surface area contributed by atoms with Crippen LogP contribution in [0.1, 0.15) is 51.2 Å². The molecule has 0 bridgehead atoms. The van der Waals surface area contributed by atoms with Crippen LogP contribution in [0.2, 0.25) is 0 Å². The molecule has 0 saturated carbocycles. The molecule has 1 atom stereocenters. The normalized spacial score (nSPS) is 13.9. The van der Waals surface area contributed by atoms with Gasteiger partial charge in [-0.25, -0.2) is 0 Å². The van der Waals surface area contributed by atoms with Crippen LogP contribution in [0.4, 0.5) is 0 Å². The molecular formula is C24H26O5. The largest absolute Gasteiger partial charge is 0.464 e. The molecule has 0 amide bonds. The van der Waals surface area contributed by atoms with Crippen molar-refractivity contribution in [2.24, 2.45) is 5.92 Å². The summed E-state index contributed by atoms with van der Waals surface area (Å²) in [6.45, 7) is 6.62. The van der Waals surface area contributed by atoms with E-state index >= 15 is 0 Å². The molecule has 0 fully saturated rings. The lowest BCUT2D eigenvalue weighted by molar-refractivity contribution is -0.163. The number of benzene rings is 2. The molecule has 0 saturated heterocycles. The highest BCUT2D eigenvalue weighted by molar-refractivity contribution is 6.00. The van der Waals surface area contributed by atoms with Crippen molar-refractivity contribution in [3.63, 3.8) is 0 Å². The van der Waals surface area contributed by atoms with Crippen molar-refractivity contribution < 1.29 is 23.9 Å². The molecule has 5 nitrogen and oxygen atoms in total. The summed E-state index contributed by atoms with van der Waals surface area (Å²) < 4.78 is 10.8. The highest BCUT2D eigenvalue weighted by Crippen LogP contribution is 2.44. The molecule has 1 aliphatic carbocycles. The summed E-state index contributed by atoms with van der Waals surface area (Å²) in [7, 11) is 0. The summed E-state index contributed by atoms with van der Waals surface area (Å²) in [5.74, 6) is -2.94. The number of carbonyl (C=O) groups excluding carboxylic acids is 3. The maximum atomic E-state index is 12.6. The summed E-state index contributed by atoms with van der Waals surface area (Å²) in [5.41, 5.74) is 3.75. The highest BCUT2D eigenvalue weighted by Gasteiger charge is 2.33. The Kier molecular flexibility index (Phi) is 5.87.